The lowest BCUT2D eigenvalue weighted by molar-refractivity contribution is -0.143. The molecule has 0 aromatic heterocycles. The summed E-state index contributed by atoms with van der Waals surface area (Å²) in [6, 6.07) is 7.58. The van der Waals surface area contributed by atoms with Gasteiger partial charge in [-0.25, -0.2) is 0 Å². The first-order valence-electron chi connectivity index (χ1n) is 13.1. The summed E-state index contributed by atoms with van der Waals surface area (Å²) in [6.45, 7) is 8.17. The van der Waals surface area contributed by atoms with Crippen LogP contribution >= 0.6 is 36.4 Å². The van der Waals surface area contributed by atoms with Crippen LogP contribution in [0.15, 0.2) is 42.5 Å². The largest absolute Gasteiger partial charge is 0.416 e. The van der Waals surface area contributed by atoms with E-state index >= 15 is 0 Å². The topological polar surface area (TPSA) is 36.0 Å². The van der Waals surface area contributed by atoms with E-state index < -0.39 is 41.0 Å². The average molecular weight is 665 g/mol. The second-order valence-electron chi connectivity index (χ2n) is 10.6. The quantitative estimate of drug-likeness (QED) is 0.322. The molecule has 4 rings (SSSR count). The third kappa shape index (κ3) is 9.62. The molecule has 2 fully saturated rings. The number of carbonyl (C=O) groups is 1. The molecular weight excluding hydrogens is 631 g/mol. The van der Waals surface area contributed by atoms with Gasteiger partial charge in [-0.1, -0.05) is 23.7 Å². The maximum atomic E-state index is 13.5. The molecule has 2 aromatic rings. The lowest BCUT2D eigenvalue weighted by Crippen LogP contribution is -2.57. The summed E-state index contributed by atoms with van der Waals surface area (Å²) in [5.41, 5.74) is -2.79. The van der Waals surface area contributed by atoms with Crippen molar-refractivity contribution in [1.82, 2.24) is 14.7 Å². The molecule has 0 spiro atoms. The number of ether oxygens (including phenoxy) is 1. The lowest BCUT2D eigenvalue weighted by atomic mass is 9.99. The second kappa shape index (κ2) is 14.8. The van der Waals surface area contributed by atoms with E-state index in [1.807, 2.05) is 13.8 Å². The van der Waals surface area contributed by atoms with Crippen LogP contribution in [0.5, 0.6) is 0 Å². The molecule has 42 heavy (non-hydrogen) atoms. The summed E-state index contributed by atoms with van der Waals surface area (Å²) in [7, 11) is 0. The molecule has 1 amide bonds. The van der Waals surface area contributed by atoms with Crippen LogP contribution < -0.4 is 0 Å². The average Bonchev–Trinajstić information content (AvgIpc) is 2.87. The zero-order chi connectivity index (χ0) is 29.2. The van der Waals surface area contributed by atoms with Crippen LogP contribution in [0.4, 0.5) is 26.3 Å². The van der Waals surface area contributed by atoms with Crippen LogP contribution in [0.25, 0.3) is 0 Å². The molecule has 14 heteroatoms. The highest BCUT2D eigenvalue weighted by Crippen LogP contribution is 2.37. The van der Waals surface area contributed by atoms with Gasteiger partial charge in [0.05, 0.1) is 23.3 Å². The third-order valence-corrected chi connectivity index (χ3v) is 7.53. The smallest absolute Gasteiger partial charge is 0.373 e. The SMILES string of the molecule is C[C@@H]1CN(CCN2CCN(C(=O)c3cc(C(F)(F)F)cc(C(F)(F)F)c3)[C@H](Cc3ccc(Cl)cc3)C2)C[C@H](C)O1.Cl.Cl. The molecule has 2 saturated heterocycles. The van der Waals surface area contributed by atoms with Crippen molar-refractivity contribution in [3.8, 4) is 0 Å². The highest BCUT2D eigenvalue weighted by Gasteiger charge is 2.39. The standard InChI is InChI=1S/C28H32ClF6N3O2.2ClH/c1-18-15-37(16-19(2)40-18)8-7-36-9-10-38(25(17-36)11-20-3-5-24(29)6-4-20)26(39)21-12-22(27(30,31)32)14-23(13-21)28(33,34)35;;/h3-6,12-14,18-19,25H,7-11,15-17H2,1-2H3;2*1H/t18-,19+,25-;;/m1../s1. The summed E-state index contributed by atoms with van der Waals surface area (Å²) in [5.74, 6) is -0.856. The predicted molar refractivity (Wildman–Crippen MR) is 154 cm³/mol. The number of piperazine rings is 1. The Morgan fingerprint density at radius 1 is 0.833 bits per heavy atom. The Morgan fingerprint density at radius 3 is 1.88 bits per heavy atom. The number of carbonyl (C=O) groups excluding carboxylic acids is 1. The molecule has 5 nitrogen and oxygen atoms in total. The van der Waals surface area contributed by atoms with E-state index in [0.717, 1.165) is 25.2 Å². The lowest BCUT2D eigenvalue weighted by Gasteiger charge is -2.43. The van der Waals surface area contributed by atoms with Crippen LogP contribution in [-0.2, 0) is 23.5 Å². The van der Waals surface area contributed by atoms with Crippen molar-refractivity contribution >= 4 is 42.3 Å². The van der Waals surface area contributed by atoms with Gasteiger partial charge >= 0.3 is 12.4 Å². The molecule has 2 aliphatic rings. The Bertz CT molecular complexity index is 1140. The van der Waals surface area contributed by atoms with Gasteiger partial charge in [0, 0.05) is 62.4 Å². The van der Waals surface area contributed by atoms with Crippen molar-refractivity contribution in [2.75, 3.05) is 45.8 Å². The number of hydrogen-bond acceptors (Lipinski definition) is 4. The van der Waals surface area contributed by atoms with Gasteiger partial charge in [-0.05, 0) is 56.2 Å². The number of halogens is 9. The highest BCUT2D eigenvalue weighted by molar-refractivity contribution is 6.30. The van der Waals surface area contributed by atoms with Gasteiger partial charge in [-0.2, -0.15) is 26.3 Å². The minimum absolute atomic E-state index is 0. The number of nitrogens with zero attached hydrogens (tertiary/aromatic N) is 3. The van der Waals surface area contributed by atoms with E-state index in [4.69, 9.17) is 16.3 Å². The van der Waals surface area contributed by atoms with Gasteiger partial charge in [0.15, 0.2) is 0 Å². The van der Waals surface area contributed by atoms with Gasteiger partial charge in [0.1, 0.15) is 0 Å². The molecule has 0 bridgehead atoms. The number of alkyl halides is 6. The molecule has 2 aliphatic heterocycles. The Balaban J connectivity index is 0.00000308. The maximum Gasteiger partial charge on any atom is 0.416 e. The third-order valence-electron chi connectivity index (χ3n) is 7.27. The Hall–Kier alpha value is -1.76. The Labute approximate surface area is 258 Å². The summed E-state index contributed by atoms with van der Waals surface area (Å²) in [4.78, 5) is 19.4. The minimum atomic E-state index is -5.04. The van der Waals surface area contributed by atoms with Crippen LogP contribution in [0.2, 0.25) is 5.02 Å². The molecule has 0 N–H and O–H groups in total. The van der Waals surface area contributed by atoms with Gasteiger partial charge in [-0.3, -0.25) is 14.6 Å². The van der Waals surface area contributed by atoms with E-state index in [0.29, 0.717) is 43.2 Å². The van der Waals surface area contributed by atoms with Gasteiger partial charge < -0.3 is 9.64 Å². The van der Waals surface area contributed by atoms with E-state index in [9.17, 15) is 31.1 Å². The zero-order valence-electron chi connectivity index (χ0n) is 23.1. The zero-order valence-corrected chi connectivity index (χ0v) is 25.4. The fourth-order valence-corrected chi connectivity index (χ4v) is 5.58. The van der Waals surface area contributed by atoms with Crippen molar-refractivity contribution < 1.29 is 35.9 Å². The molecule has 0 unspecified atom stereocenters. The normalized spacial score (nSPS) is 22.3. The maximum absolute atomic E-state index is 13.5. The van der Waals surface area contributed by atoms with Crippen LogP contribution in [0.3, 0.4) is 0 Å². The molecule has 0 aliphatic carbocycles. The number of hydrogen-bond donors (Lipinski definition) is 0. The number of rotatable bonds is 6. The molecule has 2 heterocycles. The summed E-state index contributed by atoms with van der Waals surface area (Å²) in [6.07, 6.45) is -9.47. The van der Waals surface area contributed by atoms with Crippen molar-refractivity contribution in [3.63, 3.8) is 0 Å². The number of benzene rings is 2. The van der Waals surface area contributed by atoms with Crippen LogP contribution in [0, 0.1) is 0 Å². The van der Waals surface area contributed by atoms with Crippen LogP contribution in [0.1, 0.15) is 40.9 Å². The first kappa shape index (κ1) is 36.4. The van der Waals surface area contributed by atoms with E-state index in [2.05, 4.69) is 9.80 Å². The molecule has 0 saturated carbocycles. The van der Waals surface area contributed by atoms with Gasteiger partial charge in [0.2, 0.25) is 0 Å². The first-order valence-corrected chi connectivity index (χ1v) is 13.5. The van der Waals surface area contributed by atoms with Crippen molar-refractivity contribution in [2.45, 2.75) is 50.9 Å². The Morgan fingerprint density at radius 2 is 1.36 bits per heavy atom. The number of morpholine rings is 1. The van der Waals surface area contributed by atoms with Crippen molar-refractivity contribution in [3.05, 3.63) is 69.7 Å². The van der Waals surface area contributed by atoms with E-state index in [1.54, 1.807) is 24.3 Å². The fraction of sp³-hybridized carbons (Fsp3) is 0.536. The Kier molecular flexibility index (Phi) is 12.8. The summed E-state index contributed by atoms with van der Waals surface area (Å²) >= 11 is 6.01. The number of amides is 1. The van der Waals surface area contributed by atoms with Gasteiger partial charge in [-0.15, -0.1) is 24.8 Å². The predicted octanol–water partition coefficient (Wildman–Crippen LogP) is 6.70. The highest BCUT2D eigenvalue weighted by atomic mass is 35.5. The minimum Gasteiger partial charge on any atom is -0.373 e. The fourth-order valence-electron chi connectivity index (χ4n) is 5.45. The monoisotopic (exact) mass is 663 g/mol. The molecule has 236 valence electrons. The molecular formula is C28H34Cl3F6N3O2. The molecule has 0 radical (unpaired) electrons. The summed E-state index contributed by atoms with van der Waals surface area (Å²) in [5, 5.41) is 0.527. The molecule has 3 atom stereocenters. The van der Waals surface area contributed by atoms with Crippen molar-refractivity contribution in [1.29, 1.82) is 0 Å². The molecule has 2 aromatic carbocycles. The van der Waals surface area contributed by atoms with Crippen molar-refractivity contribution in [2.24, 2.45) is 0 Å². The second-order valence-corrected chi connectivity index (χ2v) is 11.0. The van der Waals surface area contributed by atoms with Crippen LogP contribution in [-0.4, -0.2) is 84.7 Å². The first-order chi connectivity index (χ1) is 18.7. The van der Waals surface area contributed by atoms with Gasteiger partial charge in [0.25, 0.3) is 5.91 Å². The summed E-state index contributed by atoms with van der Waals surface area (Å²) < 4.78 is 86.5. The van der Waals surface area contributed by atoms with E-state index in [1.165, 1.54) is 4.90 Å². The van der Waals surface area contributed by atoms with E-state index in [-0.39, 0.29) is 49.6 Å².